The Labute approximate surface area is 61.6 Å². The van der Waals surface area contributed by atoms with Crippen LogP contribution in [0.15, 0.2) is 12.7 Å². The Hall–Kier alpha value is -0.630. The third kappa shape index (κ3) is 3.41. The maximum absolute atomic E-state index is 10.6. The zero-order valence-corrected chi connectivity index (χ0v) is 6.50. The van der Waals surface area contributed by atoms with Crippen molar-refractivity contribution in [3.63, 3.8) is 0 Å². The SMILES string of the molecule is C=CC(O)CC(C)C(C)=O. The number of carbonyl (C=O) groups excluding carboxylic acids is 1. The van der Waals surface area contributed by atoms with Crippen molar-refractivity contribution in [2.24, 2.45) is 5.92 Å². The molecule has 58 valence electrons. The van der Waals surface area contributed by atoms with Gasteiger partial charge >= 0.3 is 0 Å². The molecular formula is C8H14O2. The standard InChI is InChI=1S/C8H14O2/c1-4-8(10)5-6(2)7(3)9/h4,6,8,10H,1,5H2,2-3H3. The molecule has 0 amide bonds. The zero-order valence-electron chi connectivity index (χ0n) is 6.50. The Morgan fingerprint density at radius 2 is 2.30 bits per heavy atom. The van der Waals surface area contributed by atoms with Crippen LogP contribution in [0.3, 0.4) is 0 Å². The minimum atomic E-state index is -0.543. The van der Waals surface area contributed by atoms with Crippen molar-refractivity contribution in [1.29, 1.82) is 0 Å². The first kappa shape index (κ1) is 9.37. The lowest BCUT2D eigenvalue weighted by molar-refractivity contribution is -0.120. The van der Waals surface area contributed by atoms with Gasteiger partial charge in [-0.25, -0.2) is 0 Å². The first-order valence-corrected chi connectivity index (χ1v) is 3.39. The topological polar surface area (TPSA) is 37.3 Å². The molecule has 2 heteroatoms. The molecule has 0 heterocycles. The Balaban J connectivity index is 3.67. The second kappa shape index (κ2) is 4.23. The number of hydrogen-bond acceptors (Lipinski definition) is 2. The summed E-state index contributed by atoms with van der Waals surface area (Å²) in [6.07, 6.45) is 1.39. The minimum Gasteiger partial charge on any atom is -0.389 e. The Bertz CT molecular complexity index is 129. The fraction of sp³-hybridized carbons (Fsp3) is 0.625. The molecule has 2 atom stereocenters. The van der Waals surface area contributed by atoms with Gasteiger partial charge in [-0.3, -0.25) is 4.79 Å². The first-order valence-electron chi connectivity index (χ1n) is 3.39. The second-order valence-electron chi connectivity index (χ2n) is 2.55. The summed E-state index contributed by atoms with van der Waals surface area (Å²) < 4.78 is 0. The number of aliphatic hydroxyl groups excluding tert-OH is 1. The maximum atomic E-state index is 10.6. The third-order valence-electron chi connectivity index (χ3n) is 1.56. The number of ketones is 1. The number of hydrogen-bond donors (Lipinski definition) is 1. The molecule has 10 heavy (non-hydrogen) atoms. The quantitative estimate of drug-likeness (QED) is 0.598. The van der Waals surface area contributed by atoms with Crippen molar-refractivity contribution in [1.82, 2.24) is 0 Å². The van der Waals surface area contributed by atoms with Gasteiger partial charge < -0.3 is 5.11 Å². The molecule has 0 fully saturated rings. The Kier molecular flexibility index (Phi) is 3.96. The van der Waals surface area contributed by atoms with Crippen molar-refractivity contribution in [2.75, 3.05) is 0 Å². The van der Waals surface area contributed by atoms with Gasteiger partial charge in [0.05, 0.1) is 6.10 Å². The van der Waals surface area contributed by atoms with E-state index in [0.717, 1.165) is 0 Å². The number of aliphatic hydroxyl groups is 1. The van der Waals surface area contributed by atoms with E-state index in [0.29, 0.717) is 6.42 Å². The number of Topliss-reactive ketones (excluding diaryl/α,β-unsaturated/α-hetero) is 1. The predicted molar refractivity (Wildman–Crippen MR) is 40.7 cm³/mol. The molecule has 0 aromatic heterocycles. The van der Waals surface area contributed by atoms with Gasteiger partial charge in [0.2, 0.25) is 0 Å². The summed E-state index contributed by atoms with van der Waals surface area (Å²) >= 11 is 0. The van der Waals surface area contributed by atoms with Crippen LogP contribution in [-0.2, 0) is 4.79 Å². The normalized spacial score (nSPS) is 15.9. The van der Waals surface area contributed by atoms with Crippen LogP contribution in [0, 0.1) is 5.92 Å². The molecule has 2 unspecified atom stereocenters. The van der Waals surface area contributed by atoms with E-state index in [1.165, 1.54) is 13.0 Å². The van der Waals surface area contributed by atoms with Gasteiger partial charge in [-0.15, -0.1) is 6.58 Å². The van der Waals surface area contributed by atoms with Gasteiger partial charge in [-0.05, 0) is 13.3 Å². The molecule has 0 aliphatic rings. The molecule has 0 bridgehead atoms. The molecule has 0 spiro atoms. The van der Waals surface area contributed by atoms with Crippen LogP contribution in [-0.4, -0.2) is 17.0 Å². The average molecular weight is 142 g/mol. The van der Waals surface area contributed by atoms with Gasteiger partial charge in [0.25, 0.3) is 0 Å². The molecule has 0 saturated heterocycles. The highest BCUT2D eigenvalue weighted by Crippen LogP contribution is 2.06. The van der Waals surface area contributed by atoms with Gasteiger partial charge in [0.15, 0.2) is 0 Å². The van der Waals surface area contributed by atoms with Crippen LogP contribution in [0.25, 0.3) is 0 Å². The van der Waals surface area contributed by atoms with Crippen molar-refractivity contribution in [2.45, 2.75) is 26.4 Å². The fourth-order valence-electron chi connectivity index (χ4n) is 0.624. The number of carbonyl (C=O) groups is 1. The molecule has 0 rings (SSSR count). The van der Waals surface area contributed by atoms with Crippen molar-refractivity contribution < 1.29 is 9.90 Å². The highest BCUT2D eigenvalue weighted by atomic mass is 16.3. The van der Waals surface area contributed by atoms with Crippen molar-refractivity contribution >= 4 is 5.78 Å². The highest BCUT2D eigenvalue weighted by Gasteiger charge is 2.10. The molecule has 0 saturated carbocycles. The first-order chi connectivity index (χ1) is 4.57. The van der Waals surface area contributed by atoms with Gasteiger partial charge in [-0.2, -0.15) is 0 Å². The summed E-state index contributed by atoms with van der Waals surface area (Å²) in [7, 11) is 0. The summed E-state index contributed by atoms with van der Waals surface area (Å²) in [6, 6.07) is 0. The summed E-state index contributed by atoms with van der Waals surface area (Å²) in [5, 5.41) is 9.01. The van der Waals surface area contributed by atoms with Crippen LogP contribution in [0.4, 0.5) is 0 Å². The Morgan fingerprint density at radius 3 is 2.60 bits per heavy atom. The van der Waals surface area contributed by atoms with Gasteiger partial charge in [-0.1, -0.05) is 13.0 Å². The van der Waals surface area contributed by atoms with Crippen LogP contribution in [0.2, 0.25) is 0 Å². The maximum Gasteiger partial charge on any atom is 0.132 e. The van der Waals surface area contributed by atoms with Gasteiger partial charge in [0, 0.05) is 5.92 Å². The minimum absolute atomic E-state index is 0.0620. The van der Waals surface area contributed by atoms with E-state index in [-0.39, 0.29) is 11.7 Å². The molecule has 0 aliphatic carbocycles. The summed E-state index contributed by atoms with van der Waals surface area (Å²) in [6.45, 7) is 6.74. The Morgan fingerprint density at radius 1 is 1.80 bits per heavy atom. The van der Waals surface area contributed by atoms with Crippen molar-refractivity contribution in [3.8, 4) is 0 Å². The fourth-order valence-corrected chi connectivity index (χ4v) is 0.624. The van der Waals surface area contributed by atoms with Crippen LogP contribution in [0.5, 0.6) is 0 Å². The highest BCUT2D eigenvalue weighted by molar-refractivity contribution is 5.77. The lowest BCUT2D eigenvalue weighted by atomic mass is 10.0. The van der Waals surface area contributed by atoms with Crippen molar-refractivity contribution in [3.05, 3.63) is 12.7 Å². The van der Waals surface area contributed by atoms with Crippen LogP contribution in [0.1, 0.15) is 20.3 Å². The van der Waals surface area contributed by atoms with E-state index < -0.39 is 6.10 Å². The molecular weight excluding hydrogens is 128 g/mol. The summed E-state index contributed by atoms with van der Waals surface area (Å²) in [4.78, 5) is 10.6. The summed E-state index contributed by atoms with van der Waals surface area (Å²) in [5.74, 6) is 0.0499. The second-order valence-corrected chi connectivity index (χ2v) is 2.55. The zero-order chi connectivity index (χ0) is 8.15. The largest absolute Gasteiger partial charge is 0.389 e. The lowest BCUT2D eigenvalue weighted by Crippen LogP contribution is -2.14. The molecule has 0 aromatic carbocycles. The predicted octanol–water partition coefficient (Wildman–Crippen LogP) is 1.15. The van der Waals surface area contributed by atoms with E-state index in [1.807, 2.05) is 0 Å². The lowest BCUT2D eigenvalue weighted by Gasteiger charge is -2.09. The van der Waals surface area contributed by atoms with Crippen LogP contribution >= 0.6 is 0 Å². The van der Waals surface area contributed by atoms with E-state index in [4.69, 9.17) is 5.11 Å². The monoisotopic (exact) mass is 142 g/mol. The van der Waals surface area contributed by atoms with Gasteiger partial charge in [0.1, 0.15) is 5.78 Å². The molecule has 0 aromatic rings. The van der Waals surface area contributed by atoms with Crippen LogP contribution < -0.4 is 0 Å². The third-order valence-corrected chi connectivity index (χ3v) is 1.56. The molecule has 0 aliphatic heterocycles. The summed E-state index contributed by atoms with van der Waals surface area (Å²) in [5.41, 5.74) is 0. The van der Waals surface area contributed by atoms with E-state index in [1.54, 1.807) is 6.92 Å². The number of rotatable bonds is 4. The smallest absolute Gasteiger partial charge is 0.132 e. The molecule has 1 N–H and O–H groups in total. The molecule has 0 radical (unpaired) electrons. The van der Waals surface area contributed by atoms with E-state index in [9.17, 15) is 4.79 Å². The average Bonchev–Trinajstić information content (AvgIpc) is 1.87. The van der Waals surface area contributed by atoms with E-state index >= 15 is 0 Å². The van der Waals surface area contributed by atoms with E-state index in [2.05, 4.69) is 6.58 Å². The molecule has 2 nitrogen and oxygen atoms in total.